The highest BCUT2D eigenvalue weighted by Gasteiger charge is 2.31. The van der Waals surface area contributed by atoms with Gasteiger partial charge in [-0.05, 0) is 25.1 Å². The topological polar surface area (TPSA) is 96.7 Å². The summed E-state index contributed by atoms with van der Waals surface area (Å²) in [6.45, 7) is 1.72. The van der Waals surface area contributed by atoms with E-state index in [-0.39, 0.29) is 17.1 Å². The number of rotatable bonds is 3. The minimum absolute atomic E-state index is 0.0310. The molecule has 11 heteroatoms. The fourth-order valence-electron chi connectivity index (χ4n) is 2.42. The molecule has 0 saturated heterocycles. The number of likely N-dealkylation sites (N-methyl/N-ethyl adjacent to an activating group) is 1. The molecule has 0 radical (unpaired) electrons. The molecule has 27 heavy (non-hydrogen) atoms. The predicted octanol–water partition coefficient (Wildman–Crippen LogP) is 1.51. The minimum Gasteiger partial charge on any atom is -0.318 e. The van der Waals surface area contributed by atoms with Crippen molar-refractivity contribution in [1.82, 2.24) is 14.1 Å². The Morgan fingerprint density at radius 2 is 1.93 bits per heavy atom. The van der Waals surface area contributed by atoms with Crippen LogP contribution in [0.2, 0.25) is 0 Å². The largest absolute Gasteiger partial charge is 0.345 e. The van der Waals surface area contributed by atoms with Crippen LogP contribution in [0.15, 0.2) is 40.6 Å². The minimum atomic E-state index is -4.17. The van der Waals surface area contributed by atoms with Crippen molar-refractivity contribution >= 4 is 27.5 Å². The van der Waals surface area contributed by atoms with Gasteiger partial charge in [-0.2, -0.15) is 13.5 Å². The normalized spacial score (nSPS) is 16.0. The molecule has 0 saturated carbocycles. The molecule has 1 N–H and O–H groups in total. The molecule has 0 fully saturated rings. The second kappa shape index (κ2) is 6.58. The Kier molecular flexibility index (Phi) is 4.56. The maximum absolute atomic E-state index is 13.8. The van der Waals surface area contributed by atoms with Crippen LogP contribution in [0.25, 0.3) is 0 Å². The molecule has 8 nitrogen and oxygen atoms in total. The third-order valence-corrected chi connectivity index (χ3v) is 5.41. The third-order valence-electron chi connectivity index (χ3n) is 4.10. The zero-order valence-electron chi connectivity index (χ0n) is 14.6. The molecule has 0 aliphatic carbocycles. The van der Waals surface area contributed by atoms with Gasteiger partial charge < -0.3 is 5.32 Å². The van der Waals surface area contributed by atoms with Crippen molar-refractivity contribution in [2.75, 3.05) is 12.4 Å². The van der Waals surface area contributed by atoms with E-state index in [1.165, 1.54) is 17.0 Å². The van der Waals surface area contributed by atoms with Crippen molar-refractivity contribution in [3.8, 4) is 0 Å². The van der Waals surface area contributed by atoms with Crippen molar-refractivity contribution in [1.29, 1.82) is 0 Å². The average Bonchev–Trinajstić information content (AvgIpc) is 2.92. The zero-order chi connectivity index (χ0) is 19.9. The molecule has 1 aromatic heterocycles. The number of allylic oxidation sites excluding steroid dienone is 1. The summed E-state index contributed by atoms with van der Waals surface area (Å²) in [6.07, 6.45) is 2.70. The van der Waals surface area contributed by atoms with E-state index >= 15 is 0 Å². The fourth-order valence-corrected chi connectivity index (χ4v) is 3.33. The molecule has 0 atom stereocenters. The Labute approximate surface area is 154 Å². The summed E-state index contributed by atoms with van der Waals surface area (Å²) in [5.74, 6) is -2.67. The maximum Gasteiger partial charge on any atom is 0.345 e. The molecule has 2 aromatic rings. The molecule has 2 heterocycles. The zero-order valence-corrected chi connectivity index (χ0v) is 15.4. The first-order valence-electron chi connectivity index (χ1n) is 7.66. The number of benzene rings is 1. The lowest BCUT2D eigenvalue weighted by atomic mass is 10.1. The molecular formula is C16H15F2N5O3S. The summed E-state index contributed by atoms with van der Waals surface area (Å²) in [5.41, 5.74) is 0.562. The lowest BCUT2D eigenvalue weighted by Crippen LogP contribution is -2.35. The van der Waals surface area contributed by atoms with Gasteiger partial charge in [0.15, 0.2) is 0 Å². The predicted molar refractivity (Wildman–Crippen MR) is 94.2 cm³/mol. The van der Waals surface area contributed by atoms with Crippen LogP contribution in [-0.4, -0.2) is 41.2 Å². The summed E-state index contributed by atoms with van der Waals surface area (Å²) in [6, 6.07) is 2.62. The van der Waals surface area contributed by atoms with Gasteiger partial charge in [-0.25, -0.2) is 13.1 Å². The first-order chi connectivity index (χ1) is 12.6. The second-order valence-electron chi connectivity index (χ2n) is 5.80. The van der Waals surface area contributed by atoms with E-state index in [1.54, 1.807) is 14.0 Å². The number of nitrogens with one attached hydrogen (secondary N) is 1. The van der Waals surface area contributed by atoms with Crippen molar-refractivity contribution in [3.63, 3.8) is 0 Å². The molecule has 1 aliphatic heterocycles. The second-order valence-corrected chi connectivity index (χ2v) is 7.42. The van der Waals surface area contributed by atoms with Crippen molar-refractivity contribution < 1.29 is 22.0 Å². The summed E-state index contributed by atoms with van der Waals surface area (Å²) in [7, 11) is -1.34. The molecule has 1 aliphatic rings. The number of anilines is 1. The number of amides is 1. The smallest absolute Gasteiger partial charge is 0.318 e. The molecular weight excluding hydrogens is 380 g/mol. The van der Waals surface area contributed by atoms with Crippen LogP contribution < -0.4 is 5.32 Å². The Balaban J connectivity index is 2.01. The number of aromatic nitrogens is 2. The van der Waals surface area contributed by atoms with Gasteiger partial charge in [-0.15, -0.1) is 4.40 Å². The molecule has 0 unspecified atom stereocenters. The summed E-state index contributed by atoms with van der Waals surface area (Å²) < 4.78 is 57.3. The van der Waals surface area contributed by atoms with E-state index in [0.29, 0.717) is 21.6 Å². The monoisotopic (exact) mass is 395 g/mol. The molecule has 1 amide bonds. The van der Waals surface area contributed by atoms with Gasteiger partial charge in [-0.3, -0.25) is 9.48 Å². The molecule has 0 bridgehead atoms. The van der Waals surface area contributed by atoms with Gasteiger partial charge >= 0.3 is 10.2 Å². The first kappa shape index (κ1) is 18.7. The highest BCUT2D eigenvalue weighted by atomic mass is 32.2. The van der Waals surface area contributed by atoms with E-state index in [9.17, 15) is 22.0 Å². The van der Waals surface area contributed by atoms with Crippen molar-refractivity contribution in [3.05, 3.63) is 59.1 Å². The number of carbonyl (C=O) groups is 1. The molecule has 1 aromatic carbocycles. The van der Waals surface area contributed by atoms with E-state index in [0.717, 1.165) is 19.2 Å². The number of nitrogens with zero attached hydrogens (tertiary/aromatic N) is 4. The fraction of sp³-hybridized carbons (Fsp3) is 0.188. The Bertz CT molecular complexity index is 1110. The molecule has 3 rings (SSSR count). The van der Waals surface area contributed by atoms with Gasteiger partial charge in [0.2, 0.25) is 0 Å². The van der Waals surface area contributed by atoms with Crippen LogP contribution in [0.4, 0.5) is 14.5 Å². The number of hydrogen-bond donors (Lipinski definition) is 1. The van der Waals surface area contributed by atoms with E-state index < -0.39 is 27.8 Å². The SMILES string of the molecule is Cc1c(C2=NS(=O)(=O)N(C)C(C(=O)Nc3ccc(F)cc3F)=C2)cnn1C. The van der Waals surface area contributed by atoms with Crippen LogP contribution >= 0.6 is 0 Å². The van der Waals surface area contributed by atoms with Crippen molar-refractivity contribution in [2.24, 2.45) is 11.4 Å². The number of halogens is 2. The van der Waals surface area contributed by atoms with Crippen LogP contribution in [0.1, 0.15) is 11.3 Å². The quantitative estimate of drug-likeness (QED) is 0.852. The number of aryl methyl sites for hydroxylation is 1. The van der Waals surface area contributed by atoms with E-state index in [1.807, 2.05) is 0 Å². The van der Waals surface area contributed by atoms with Gasteiger partial charge in [-0.1, -0.05) is 0 Å². The van der Waals surface area contributed by atoms with E-state index in [2.05, 4.69) is 14.8 Å². The highest BCUT2D eigenvalue weighted by Crippen LogP contribution is 2.23. The molecule has 0 spiro atoms. The average molecular weight is 395 g/mol. The van der Waals surface area contributed by atoms with Crippen LogP contribution in [0.3, 0.4) is 0 Å². The molecule has 142 valence electrons. The van der Waals surface area contributed by atoms with Gasteiger partial charge in [0.1, 0.15) is 17.3 Å². The third kappa shape index (κ3) is 3.45. The van der Waals surface area contributed by atoms with Crippen molar-refractivity contribution in [2.45, 2.75) is 6.92 Å². The lowest BCUT2D eigenvalue weighted by Gasteiger charge is -2.23. The first-order valence-corrected chi connectivity index (χ1v) is 9.06. The van der Waals surface area contributed by atoms with Gasteiger partial charge in [0, 0.05) is 31.4 Å². The maximum atomic E-state index is 13.8. The number of carbonyl (C=O) groups excluding carboxylic acids is 1. The lowest BCUT2D eigenvalue weighted by molar-refractivity contribution is -0.113. The summed E-state index contributed by atoms with van der Waals surface area (Å²) >= 11 is 0. The Morgan fingerprint density at radius 1 is 1.22 bits per heavy atom. The highest BCUT2D eigenvalue weighted by molar-refractivity contribution is 7.88. The Morgan fingerprint density at radius 3 is 2.52 bits per heavy atom. The van der Waals surface area contributed by atoms with Gasteiger partial charge in [0.05, 0.1) is 17.6 Å². The van der Waals surface area contributed by atoms with Gasteiger partial charge in [0.25, 0.3) is 5.91 Å². The standard InChI is InChI=1S/C16H15F2N5O3S/c1-9-11(8-19-22(9)2)14-7-15(23(3)27(25,26)21-14)16(24)20-13-5-4-10(17)6-12(13)18/h4-8H,1-3H3,(H,20,24). The van der Waals surface area contributed by atoms with Crippen LogP contribution in [0.5, 0.6) is 0 Å². The Hall–Kier alpha value is -3.08. The summed E-state index contributed by atoms with van der Waals surface area (Å²) in [4.78, 5) is 12.5. The van der Waals surface area contributed by atoms with Crippen LogP contribution in [-0.2, 0) is 22.1 Å². The number of hydrogen-bond acceptors (Lipinski definition) is 4. The van der Waals surface area contributed by atoms with E-state index in [4.69, 9.17) is 0 Å². The van der Waals surface area contributed by atoms with Crippen LogP contribution in [0, 0.1) is 18.6 Å². The summed E-state index contributed by atoms with van der Waals surface area (Å²) in [5, 5.41) is 6.26.